The summed E-state index contributed by atoms with van der Waals surface area (Å²) < 4.78 is 5.36. The van der Waals surface area contributed by atoms with Gasteiger partial charge in [0.15, 0.2) is 0 Å². The predicted octanol–water partition coefficient (Wildman–Crippen LogP) is 1.77. The molecule has 1 aromatic heterocycles. The van der Waals surface area contributed by atoms with E-state index in [-0.39, 0.29) is 11.9 Å². The molecule has 124 valence electrons. The number of anilines is 1. The molecule has 0 spiro atoms. The van der Waals surface area contributed by atoms with Gasteiger partial charge in [0.25, 0.3) is 0 Å². The molecule has 2 rings (SSSR count). The minimum absolute atomic E-state index is 0.0766. The second-order valence-corrected chi connectivity index (χ2v) is 5.27. The van der Waals surface area contributed by atoms with Gasteiger partial charge in [0.2, 0.25) is 11.9 Å². The van der Waals surface area contributed by atoms with Gasteiger partial charge >= 0.3 is 0 Å². The number of nitrogens with zero attached hydrogens (tertiary/aromatic N) is 3. The Morgan fingerprint density at radius 3 is 2.83 bits per heavy atom. The van der Waals surface area contributed by atoms with Crippen molar-refractivity contribution < 1.29 is 9.53 Å². The minimum atomic E-state index is 0.0766. The zero-order valence-corrected chi connectivity index (χ0v) is 13.6. The van der Waals surface area contributed by atoms with E-state index in [0.717, 1.165) is 17.7 Å². The monoisotopic (exact) mass is 317 g/mol. The molecule has 7 nitrogen and oxygen atoms in total. The molecule has 0 fully saturated rings. The Bertz CT molecular complexity index is 641. The topological polar surface area (TPSA) is 97.1 Å². The predicted molar refractivity (Wildman–Crippen MR) is 87.8 cm³/mol. The van der Waals surface area contributed by atoms with Crippen LogP contribution in [0, 0.1) is 0 Å². The Morgan fingerprint density at radius 2 is 2.17 bits per heavy atom. The van der Waals surface area contributed by atoms with Crippen LogP contribution in [0.3, 0.4) is 0 Å². The van der Waals surface area contributed by atoms with Crippen LogP contribution in [0.5, 0.6) is 5.75 Å². The van der Waals surface area contributed by atoms with Crippen LogP contribution in [-0.4, -0.2) is 39.6 Å². The normalized spacial score (nSPS) is 10.5. The number of aryl methyl sites for hydroxylation is 1. The fourth-order valence-corrected chi connectivity index (χ4v) is 2.41. The summed E-state index contributed by atoms with van der Waals surface area (Å²) in [4.78, 5) is 18.4. The molecule has 2 aromatic rings. The molecule has 0 aliphatic carbocycles. The third-order valence-corrected chi connectivity index (χ3v) is 3.52. The molecule has 0 aliphatic heterocycles. The summed E-state index contributed by atoms with van der Waals surface area (Å²) in [5, 5.41) is 6.49. The number of rotatable bonds is 8. The van der Waals surface area contributed by atoms with Crippen molar-refractivity contribution in [3.63, 3.8) is 0 Å². The Balaban J connectivity index is 2.00. The van der Waals surface area contributed by atoms with Gasteiger partial charge in [0.1, 0.15) is 11.6 Å². The fraction of sp³-hybridized carbons (Fsp3) is 0.438. The van der Waals surface area contributed by atoms with Gasteiger partial charge in [-0.15, -0.1) is 5.10 Å². The van der Waals surface area contributed by atoms with E-state index < -0.39 is 0 Å². The number of nitrogens with two attached hydrogens (primary N) is 1. The van der Waals surface area contributed by atoms with Gasteiger partial charge in [-0.3, -0.25) is 9.89 Å². The third kappa shape index (κ3) is 4.70. The van der Waals surface area contributed by atoms with Crippen LogP contribution in [-0.2, 0) is 17.8 Å². The van der Waals surface area contributed by atoms with E-state index in [2.05, 4.69) is 22.1 Å². The lowest BCUT2D eigenvalue weighted by atomic mass is 10.1. The average molecular weight is 317 g/mol. The largest absolute Gasteiger partial charge is 0.496 e. The van der Waals surface area contributed by atoms with Crippen molar-refractivity contribution in [1.29, 1.82) is 0 Å². The molecule has 7 heteroatoms. The highest BCUT2D eigenvalue weighted by Gasteiger charge is 2.16. The molecule has 0 unspecified atom stereocenters. The number of nitrogens with one attached hydrogen (secondary N) is 1. The number of aromatic nitrogens is 3. The number of nitrogen functional groups attached to an aromatic ring is 1. The zero-order chi connectivity index (χ0) is 16.7. The molecule has 0 saturated heterocycles. The first kappa shape index (κ1) is 16.8. The molecular formula is C16H23N5O2. The lowest BCUT2D eigenvalue weighted by molar-refractivity contribution is -0.131. The lowest BCUT2D eigenvalue weighted by Crippen LogP contribution is -2.31. The first-order chi connectivity index (χ1) is 11.1. The van der Waals surface area contributed by atoms with Gasteiger partial charge in [-0.25, -0.2) is 0 Å². The number of carbonyl (C=O) groups is 1. The van der Waals surface area contributed by atoms with Crippen molar-refractivity contribution in [1.82, 2.24) is 20.1 Å². The number of H-pyrrole nitrogens is 1. The van der Waals surface area contributed by atoms with Gasteiger partial charge in [0, 0.05) is 31.5 Å². The highest BCUT2D eigenvalue weighted by atomic mass is 16.5. The molecular weight excluding hydrogens is 294 g/mol. The maximum atomic E-state index is 12.5. The number of para-hydroxylation sites is 1. The molecule has 1 aromatic carbocycles. The van der Waals surface area contributed by atoms with Crippen molar-refractivity contribution in [2.75, 3.05) is 19.4 Å². The number of hydrogen-bond acceptors (Lipinski definition) is 5. The molecule has 1 amide bonds. The fourth-order valence-electron chi connectivity index (χ4n) is 2.41. The van der Waals surface area contributed by atoms with Crippen LogP contribution in [0.15, 0.2) is 24.3 Å². The summed E-state index contributed by atoms with van der Waals surface area (Å²) in [6.07, 6.45) is 1.76. The van der Waals surface area contributed by atoms with E-state index in [9.17, 15) is 4.79 Å². The first-order valence-corrected chi connectivity index (χ1v) is 7.70. The number of benzene rings is 1. The van der Waals surface area contributed by atoms with Crippen LogP contribution < -0.4 is 10.5 Å². The molecule has 23 heavy (non-hydrogen) atoms. The standard InChI is InChI=1S/C16H23N5O2/c1-3-10-21(11-12-6-4-5-7-13(12)23-2)15(22)9-8-14-18-16(17)20-19-14/h4-7H,3,8-11H2,1-2H3,(H3,17,18,19,20). The second kappa shape index (κ2) is 8.17. The van der Waals surface area contributed by atoms with Crippen molar-refractivity contribution in [3.8, 4) is 5.75 Å². The van der Waals surface area contributed by atoms with Crippen LogP contribution in [0.25, 0.3) is 0 Å². The third-order valence-electron chi connectivity index (χ3n) is 3.52. The van der Waals surface area contributed by atoms with Gasteiger partial charge in [-0.05, 0) is 12.5 Å². The van der Waals surface area contributed by atoms with Crippen LogP contribution >= 0.6 is 0 Å². The molecule has 0 bridgehead atoms. The molecule has 3 N–H and O–H groups in total. The van der Waals surface area contributed by atoms with E-state index >= 15 is 0 Å². The Morgan fingerprint density at radius 1 is 1.39 bits per heavy atom. The minimum Gasteiger partial charge on any atom is -0.496 e. The maximum Gasteiger partial charge on any atom is 0.239 e. The van der Waals surface area contributed by atoms with E-state index in [0.29, 0.717) is 31.8 Å². The summed E-state index contributed by atoms with van der Waals surface area (Å²) in [6.45, 7) is 3.30. The number of hydrogen-bond donors (Lipinski definition) is 2. The van der Waals surface area contributed by atoms with E-state index in [1.165, 1.54) is 0 Å². The molecule has 0 aliphatic rings. The van der Waals surface area contributed by atoms with Gasteiger partial charge in [-0.2, -0.15) is 4.98 Å². The first-order valence-electron chi connectivity index (χ1n) is 7.70. The number of methoxy groups -OCH3 is 1. The Labute approximate surface area is 135 Å². The summed E-state index contributed by atoms with van der Waals surface area (Å²) in [5.74, 6) is 1.70. The van der Waals surface area contributed by atoms with Crippen molar-refractivity contribution >= 4 is 11.9 Å². The van der Waals surface area contributed by atoms with E-state index in [1.807, 2.05) is 29.2 Å². The molecule has 1 heterocycles. The highest BCUT2D eigenvalue weighted by Crippen LogP contribution is 2.20. The summed E-state index contributed by atoms with van der Waals surface area (Å²) in [5.41, 5.74) is 6.46. The van der Waals surface area contributed by atoms with E-state index in [4.69, 9.17) is 10.5 Å². The van der Waals surface area contributed by atoms with Gasteiger partial charge in [0.05, 0.1) is 7.11 Å². The van der Waals surface area contributed by atoms with Crippen LogP contribution in [0.4, 0.5) is 5.95 Å². The van der Waals surface area contributed by atoms with Crippen LogP contribution in [0.2, 0.25) is 0 Å². The van der Waals surface area contributed by atoms with Crippen molar-refractivity contribution in [2.24, 2.45) is 0 Å². The zero-order valence-electron chi connectivity index (χ0n) is 13.6. The molecule has 0 saturated carbocycles. The summed E-state index contributed by atoms with van der Waals surface area (Å²) >= 11 is 0. The quantitative estimate of drug-likeness (QED) is 0.773. The molecule has 0 atom stereocenters. The van der Waals surface area contributed by atoms with E-state index in [1.54, 1.807) is 7.11 Å². The second-order valence-electron chi connectivity index (χ2n) is 5.27. The highest BCUT2D eigenvalue weighted by molar-refractivity contribution is 5.76. The number of carbonyl (C=O) groups excluding carboxylic acids is 1. The Kier molecular flexibility index (Phi) is 5.96. The maximum absolute atomic E-state index is 12.5. The number of amides is 1. The Hall–Kier alpha value is -2.57. The van der Waals surface area contributed by atoms with Crippen LogP contribution in [0.1, 0.15) is 31.2 Å². The van der Waals surface area contributed by atoms with Crippen molar-refractivity contribution in [2.45, 2.75) is 32.7 Å². The van der Waals surface area contributed by atoms with Crippen molar-refractivity contribution in [3.05, 3.63) is 35.7 Å². The average Bonchev–Trinajstić information content (AvgIpc) is 2.98. The molecule has 0 radical (unpaired) electrons. The lowest BCUT2D eigenvalue weighted by Gasteiger charge is -2.23. The number of ether oxygens (including phenoxy) is 1. The smallest absolute Gasteiger partial charge is 0.239 e. The van der Waals surface area contributed by atoms with Gasteiger partial charge in [-0.1, -0.05) is 25.1 Å². The van der Waals surface area contributed by atoms with Gasteiger partial charge < -0.3 is 15.4 Å². The SMILES string of the molecule is CCCN(Cc1ccccc1OC)C(=O)CCc1nc(N)n[nH]1. The summed E-state index contributed by atoms with van der Waals surface area (Å²) in [6, 6.07) is 7.75. The number of aromatic amines is 1. The summed E-state index contributed by atoms with van der Waals surface area (Å²) in [7, 11) is 1.64.